The summed E-state index contributed by atoms with van der Waals surface area (Å²) in [6.45, 7) is 23.9. The molecule has 0 unspecified atom stereocenters. The summed E-state index contributed by atoms with van der Waals surface area (Å²) in [7, 11) is 0. The van der Waals surface area contributed by atoms with Gasteiger partial charge in [-0.05, 0) is 0 Å². The van der Waals surface area contributed by atoms with Crippen LogP contribution in [0.25, 0.3) is 11.1 Å². The Balaban J connectivity index is 1.83. The van der Waals surface area contributed by atoms with E-state index in [4.69, 9.17) is 0 Å². The molecule has 6 rings (SSSR count). The van der Waals surface area contributed by atoms with Crippen LogP contribution >= 0.6 is 0 Å². The van der Waals surface area contributed by atoms with Gasteiger partial charge in [0.05, 0.1) is 0 Å². The van der Waals surface area contributed by atoms with Crippen LogP contribution in [0.15, 0.2) is 78.9 Å². The van der Waals surface area contributed by atoms with Gasteiger partial charge in [0.1, 0.15) is 0 Å². The van der Waals surface area contributed by atoms with Crippen LogP contribution in [0.5, 0.6) is 0 Å². The zero-order valence-corrected chi connectivity index (χ0v) is 34.9. The van der Waals surface area contributed by atoms with E-state index in [1.165, 1.54) is 65.5 Å². The number of hydrogen-bond donors (Lipinski definition) is 0. The van der Waals surface area contributed by atoms with E-state index in [-0.39, 0.29) is 10.8 Å². The Labute approximate surface area is 295 Å². The molecular weight excluding hydrogens is 656 g/mol. The second-order valence-electron chi connectivity index (χ2n) is 19.4. The molecule has 0 heterocycles. The first-order valence-corrected chi connectivity index (χ1v) is 28.3. The minimum absolute atomic E-state index is 0.0958. The van der Waals surface area contributed by atoms with Gasteiger partial charge < -0.3 is 0 Å². The van der Waals surface area contributed by atoms with Crippen LogP contribution in [-0.2, 0) is 29.1 Å². The van der Waals surface area contributed by atoms with Crippen LogP contribution in [0, 0.1) is 5.92 Å². The van der Waals surface area contributed by atoms with Gasteiger partial charge in [0.25, 0.3) is 0 Å². The molecule has 1 saturated carbocycles. The van der Waals surface area contributed by atoms with E-state index in [0.717, 1.165) is 0 Å². The molecule has 3 aromatic carbocycles. The number of fused-ring (bicyclic) bond motifs is 3. The SMILES string of the molecule is CC(C)c1cc([C](C2CCCCC2)=[Zr]([CH3])([CH3])([CH]2C=CC=C2)[CH]2c3cc(C(C)(C)C)ccc3-c3ccc(C(C)(C)C)cc32)cc(C(C)C)c1. The molecule has 0 aliphatic heterocycles. The van der Waals surface area contributed by atoms with Crippen LogP contribution in [0.3, 0.4) is 0 Å². The first-order chi connectivity index (χ1) is 22.4. The van der Waals surface area contributed by atoms with Crippen molar-refractivity contribution in [2.45, 2.75) is 141 Å². The Kier molecular flexibility index (Phi) is 9.36. The molecule has 0 atom stereocenters. The van der Waals surface area contributed by atoms with Crippen LogP contribution in [0.2, 0.25) is 12.9 Å². The summed E-state index contributed by atoms with van der Waals surface area (Å²) >= 11 is -4.28. The molecule has 1 heteroatoms. The van der Waals surface area contributed by atoms with Gasteiger partial charge >= 0.3 is 297 Å². The summed E-state index contributed by atoms with van der Waals surface area (Å²) in [6.07, 6.45) is 16.8. The van der Waals surface area contributed by atoms with Crippen molar-refractivity contribution in [2.75, 3.05) is 0 Å². The molecule has 0 N–H and O–H groups in total. The number of allylic oxidation sites excluding steroid dienone is 4. The van der Waals surface area contributed by atoms with E-state index >= 15 is 0 Å². The van der Waals surface area contributed by atoms with E-state index in [2.05, 4.69) is 157 Å². The topological polar surface area (TPSA) is 0 Å². The van der Waals surface area contributed by atoms with E-state index in [1.807, 2.05) is 3.21 Å². The fourth-order valence-corrected chi connectivity index (χ4v) is 28.3. The monoisotopic (exact) mass is 718 g/mol. The number of rotatable bonds is 6. The second-order valence-corrected chi connectivity index (χ2v) is 36.6. The molecule has 0 bridgehead atoms. The fourth-order valence-electron chi connectivity index (χ4n) is 9.93. The first kappa shape index (κ1) is 35.7. The molecule has 0 nitrogen and oxygen atoms in total. The molecule has 0 aromatic heterocycles. The van der Waals surface area contributed by atoms with Gasteiger partial charge in [-0.3, -0.25) is 0 Å². The van der Waals surface area contributed by atoms with E-state index < -0.39 is 18.3 Å². The van der Waals surface area contributed by atoms with Crippen molar-refractivity contribution in [2.24, 2.45) is 5.92 Å². The summed E-state index contributed by atoms with van der Waals surface area (Å²) in [5.74, 6) is 1.66. The van der Waals surface area contributed by atoms with Gasteiger partial charge in [-0.15, -0.1) is 0 Å². The number of benzene rings is 3. The fraction of sp³-hybridized carbons (Fsp3) is 0.511. The molecule has 3 aliphatic carbocycles. The first-order valence-electron chi connectivity index (χ1n) is 19.3. The van der Waals surface area contributed by atoms with Crippen molar-refractivity contribution < 1.29 is 18.3 Å². The molecule has 1 fully saturated rings. The molecule has 48 heavy (non-hydrogen) atoms. The second kappa shape index (κ2) is 12.6. The van der Waals surface area contributed by atoms with Crippen LogP contribution in [0.1, 0.15) is 156 Å². The third-order valence-electron chi connectivity index (χ3n) is 12.9. The third kappa shape index (κ3) is 6.12. The molecule has 3 aromatic rings. The van der Waals surface area contributed by atoms with Crippen molar-refractivity contribution in [1.82, 2.24) is 0 Å². The third-order valence-corrected chi connectivity index (χ3v) is 30.7. The van der Waals surface area contributed by atoms with Gasteiger partial charge in [-0.25, -0.2) is 0 Å². The van der Waals surface area contributed by atoms with Gasteiger partial charge in [0.2, 0.25) is 0 Å². The van der Waals surface area contributed by atoms with E-state index in [9.17, 15) is 0 Å². The Morgan fingerprint density at radius 3 is 1.50 bits per heavy atom. The van der Waals surface area contributed by atoms with Crippen LogP contribution in [-0.4, -0.2) is 3.21 Å². The normalized spacial score (nSPS) is 17.9. The Morgan fingerprint density at radius 1 is 0.625 bits per heavy atom. The van der Waals surface area contributed by atoms with Crippen LogP contribution < -0.4 is 0 Å². The zero-order chi connectivity index (χ0) is 34.8. The summed E-state index contributed by atoms with van der Waals surface area (Å²) in [5, 5.41) is 0. The van der Waals surface area contributed by atoms with Gasteiger partial charge in [-0.2, -0.15) is 0 Å². The quantitative estimate of drug-likeness (QED) is 0.238. The molecule has 0 spiro atoms. The molecular formula is C47H64Zr. The van der Waals surface area contributed by atoms with Crippen molar-refractivity contribution in [3.63, 3.8) is 0 Å². The summed E-state index contributed by atoms with van der Waals surface area (Å²) < 4.78 is 8.62. The molecule has 256 valence electrons. The van der Waals surface area contributed by atoms with Gasteiger partial charge in [0.15, 0.2) is 0 Å². The van der Waals surface area contributed by atoms with E-state index in [1.54, 1.807) is 16.7 Å². The van der Waals surface area contributed by atoms with Crippen LogP contribution in [0.4, 0.5) is 0 Å². The van der Waals surface area contributed by atoms with Crippen molar-refractivity contribution in [1.29, 1.82) is 0 Å². The maximum atomic E-state index is 2.91. The Bertz CT molecular complexity index is 1730. The predicted octanol–water partition coefficient (Wildman–Crippen LogP) is 14.1. The minimum atomic E-state index is -4.28. The Morgan fingerprint density at radius 2 is 1.08 bits per heavy atom. The number of hydrogen-bond acceptors (Lipinski definition) is 0. The Hall–Kier alpha value is -2.11. The molecule has 0 saturated heterocycles. The summed E-state index contributed by atoms with van der Waals surface area (Å²) in [4.78, 5) is 0. The van der Waals surface area contributed by atoms with Gasteiger partial charge in [0, 0.05) is 0 Å². The zero-order valence-electron chi connectivity index (χ0n) is 32.4. The molecule has 0 radical (unpaired) electrons. The predicted molar refractivity (Wildman–Crippen MR) is 210 cm³/mol. The summed E-state index contributed by atoms with van der Waals surface area (Å²) in [5.41, 5.74) is 13.9. The summed E-state index contributed by atoms with van der Waals surface area (Å²) in [6, 6.07) is 23.0. The van der Waals surface area contributed by atoms with Gasteiger partial charge in [-0.1, -0.05) is 0 Å². The molecule has 0 amide bonds. The maximum absolute atomic E-state index is 4.28. The van der Waals surface area contributed by atoms with Crippen molar-refractivity contribution in [3.8, 4) is 11.1 Å². The average molecular weight is 720 g/mol. The van der Waals surface area contributed by atoms with Crippen molar-refractivity contribution >= 4 is 3.21 Å². The van der Waals surface area contributed by atoms with Crippen molar-refractivity contribution in [3.05, 3.63) is 118 Å². The average Bonchev–Trinajstić information content (AvgIpc) is 3.68. The van der Waals surface area contributed by atoms with E-state index in [0.29, 0.717) is 25.0 Å². The molecule has 3 aliphatic rings. The standard InChI is InChI=1S/C21H25.C19H28.C5H5.2CH3.Zr/c1-20(2,3)16-7-9-18-14(12-16)11-15-13-17(21(4,5)6)8-10-19(15)18;1-14(2)18-11-17(12-19(13-18)15(3)4)10-16-8-6-5-7-9-16;1-2-4-5-3-1;;;/h7-13H,1-6H3;11-16H,5-9H2,1-4H3;1-5H;2*1H3;.